The summed E-state index contributed by atoms with van der Waals surface area (Å²) in [5.41, 5.74) is 2.89. The first-order valence-corrected chi connectivity index (χ1v) is 7.20. The number of ether oxygens (including phenoxy) is 1. The molecule has 0 amide bonds. The Morgan fingerprint density at radius 2 is 2.00 bits per heavy atom. The normalized spacial score (nSPS) is 17.4. The molecule has 0 saturated heterocycles. The van der Waals surface area contributed by atoms with Crippen molar-refractivity contribution in [1.29, 1.82) is 0 Å². The van der Waals surface area contributed by atoms with Crippen LogP contribution in [0.4, 0.5) is 0 Å². The predicted molar refractivity (Wildman–Crippen MR) is 75.9 cm³/mol. The van der Waals surface area contributed by atoms with Gasteiger partial charge in [-0.05, 0) is 50.3 Å². The summed E-state index contributed by atoms with van der Waals surface area (Å²) in [6.45, 7) is 3.67. The Morgan fingerprint density at radius 1 is 1.28 bits per heavy atom. The van der Waals surface area contributed by atoms with Gasteiger partial charge >= 0.3 is 0 Å². The maximum atomic E-state index is 5.44. The zero-order valence-electron chi connectivity index (χ0n) is 11.6. The molecule has 1 aromatic rings. The molecule has 1 saturated carbocycles. The van der Waals surface area contributed by atoms with E-state index >= 15 is 0 Å². The van der Waals surface area contributed by atoms with E-state index in [9.17, 15) is 0 Å². The second-order valence-electron chi connectivity index (χ2n) is 5.12. The molecule has 1 N–H and O–H groups in total. The van der Waals surface area contributed by atoms with E-state index in [2.05, 4.69) is 29.6 Å². The van der Waals surface area contributed by atoms with Crippen molar-refractivity contribution in [2.75, 3.05) is 20.3 Å². The summed E-state index contributed by atoms with van der Waals surface area (Å²) in [7, 11) is 2.02. The van der Waals surface area contributed by atoms with E-state index in [4.69, 9.17) is 4.74 Å². The molecule has 0 bridgehead atoms. The monoisotopic (exact) mass is 247 g/mol. The first kappa shape index (κ1) is 13.6. The van der Waals surface area contributed by atoms with Gasteiger partial charge in [0.1, 0.15) is 0 Å². The van der Waals surface area contributed by atoms with Crippen LogP contribution in [0.5, 0.6) is 0 Å². The van der Waals surface area contributed by atoms with Crippen LogP contribution in [0, 0.1) is 0 Å². The third-order valence-electron chi connectivity index (χ3n) is 4.02. The largest absolute Gasteiger partial charge is 0.382 e. The predicted octanol–water partition coefficient (Wildman–Crippen LogP) is 3.64. The molecule has 1 aromatic carbocycles. The summed E-state index contributed by atoms with van der Waals surface area (Å²) in [4.78, 5) is 0. The molecule has 2 rings (SSSR count). The Labute approximate surface area is 111 Å². The van der Waals surface area contributed by atoms with E-state index < -0.39 is 0 Å². The molecule has 2 heteroatoms. The van der Waals surface area contributed by atoms with Crippen molar-refractivity contribution in [3.05, 3.63) is 35.4 Å². The van der Waals surface area contributed by atoms with Crippen LogP contribution in [-0.4, -0.2) is 20.3 Å². The van der Waals surface area contributed by atoms with Gasteiger partial charge < -0.3 is 10.1 Å². The third-order valence-corrected chi connectivity index (χ3v) is 4.02. The first-order valence-electron chi connectivity index (χ1n) is 7.20. The van der Waals surface area contributed by atoms with Crippen LogP contribution in [-0.2, 0) is 4.74 Å². The average molecular weight is 247 g/mol. The van der Waals surface area contributed by atoms with Crippen LogP contribution in [0.25, 0.3) is 0 Å². The van der Waals surface area contributed by atoms with Gasteiger partial charge in [0.15, 0.2) is 0 Å². The summed E-state index contributed by atoms with van der Waals surface area (Å²) in [5, 5.41) is 3.37. The topological polar surface area (TPSA) is 21.3 Å². The Kier molecular flexibility index (Phi) is 5.21. The van der Waals surface area contributed by atoms with Gasteiger partial charge in [-0.15, -0.1) is 0 Å². The van der Waals surface area contributed by atoms with Crippen molar-refractivity contribution in [1.82, 2.24) is 5.32 Å². The molecular formula is C16H25NO. The standard InChI is InChI=1S/C16H25NO/c1-3-18-12-11-16(17-2)15-9-7-14(8-10-15)13-5-4-6-13/h7-10,13,16-17H,3-6,11-12H2,1-2H3. The molecule has 0 radical (unpaired) electrons. The maximum absolute atomic E-state index is 5.44. The minimum absolute atomic E-state index is 0.409. The first-order chi connectivity index (χ1) is 8.85. The fourth-order valence-electron chi connectivity index (χ4n) is 2.57. The SMILES string of the molecule is CCOCCC(NC)c1ccc(C2CCC2)cc1. The highest BCUT2D eigenvalue weighted by molar-refractivity contribution is 5.28. The van der Waals surface area contributed by atoms with E-state index in [0.29, 0.717) is 6.04 Å². The van der Waals surface area contributed by atoms with Gasteiger partial charge in [-0.1, -0.05) is 30.7 Å². The Morgan fingerprint density at radius 3 is 2.50 bits per heavy atom. The smallest absolute Gasteiger partial charge is 0.0484 e. The molecule has 1 unspecified atom stereocenters. The lowest BCUT2D eigenvalue weighted by atomic mass is 9.80. The molecular weight excluding hydrogens is 222 g/mol. The molecule has 1 fully saturated rings. The minimum atomic E-state index is 0.409. The molecule has 100 valence electrons. The van der Waals surface area contributed by atoms with Crippen LogP contribution in [0.1, 0.15) is 55.7 Å². The van der Waals surface area contributed by atoms with Gasteiger partial charge in [-0.25, -0.2) is 0 Å². The van der Waals surface area contributed by atoms with Crippen molar-refractivity contribution in [3.63, 3.8) is 0 Å². The van der Waals surface area contributed by atoms with Crippen LogP contribution in [0.2, 0.25) is 0 Å². The molecule has 1 aliphatic carbocycles. The van der Waals surface area contributed by atoms with Crippen molar-refractivity contribution in [2.24, 2.45) is 0 Å². The summed E-state index contributed by atoms with van der Waals surface area (Å²) in [5.74, 6) is 0.829. The fourth-order valence-corrected chi connectivity index (χ4v) is 2.57. The molecule has 2 nitrogen and oxygen atoms in total. The fraction of sp³-hybridized carbons (Fsp3) is 0.625. The number of nitrogens with one attached hydrogen (secondary N) is 1. The van der Waals surface area contributed by atoms with E-state index in [1.54, 1.807) is 0 Å². The van der Waals surface area contributed by atoms with Crippen LogP contribution >= 0.6 is 0 Å². The van der Waals surface area contributed by atoms with Crippen LogP contribution in [0.15, 0.2) is 24.3 Å². The average Bonchev–Trinajstić information content (AvgIpc) is 2.34. The zero-order chi connectivity index (χ0) is 12.8. The van der Waals surface area contributed by atoms with Gasteiger partial charge in [0.05, 0.1) is 0 Å². The van der Waals surface area contributed by atoms with Gasteiger partial charge in [0.2, 0.25) is 0 Å². The van der Waals surface area contributed by atoms with Crippen LogP contribution in [0.3, 0.4) is 0 Å². The minimum Gasteiger partial charge on any atom is -0.382 e. The lowest BCUT2D eigenvalue weighted by Gasteiger charge is -2.26. The van der Waals surface area contributed by atoms with Gasteiger partial charge in [0.25, 0.3) is 0 Å². The molecule has 1 aliphatic rings. The second-order valence-corrected chi connectivity index (χ2v) is 5.12. The quantitative estimate of drug-likeness (QED) is 0.743. The van der Waals surface area contributed by atoms with Crippen molar-refractivity contribution < 1.29 is 4.74 Å². The van der Waals surface area contributed by atoms with Gasteiger partial charge in [-0.2, -0.15) is 0 Å². The van der Waals surface area contributed by atoms with Crippen molar-refractivity contribution in [2.45, 2.75) is 44.6 Å². The number of hydrogen-bond acceptors (Lipinski definition) is 2. The lowest BCUT2D eigenvalue weighted by Crippen LogP contribution is -2.18. The second kappa shape index (κ2) is 6.91. The molecule has 0 heterocycles. The highest BCUT2D eigenvalue weighted by atomic mass is 16.5. The Bertz CT molecular complexity index is 343. The molecule has 18 heavy (non-hydrogen) atoms. The highest BCUT2D eigenvalue weighted by Crippen LogP contribution is 2.36. The number of benzene rings is 1. The molecule has 0 aromatic heterocycles. The number of rotatable bonds is 7. The van der Waals surface area contributed by atoms with Crippen molar-refractivity contribution in [3.8, 4) is 0 Å². The van der Waals surface area contributed by atoms with E-state index in [-0.39, 0.29) is 0 Å². The Balaban J connectivity index is 1.93. The van der Waals surface area contributed by atoms with E-state index in [1.165, 1.54) is 30.4 Å². The zero-order valence-corrected chi connectivity index (χ0v) is 11.6. The highest BCUT2D eigenvalue weighted by Gasteiger charge is 2.19. The summed E-state index contributed by atoms with van der Waals surface area (Å²) >= 11 is 0. The van der Waals surface area contributed by atoms with Crippen LogP contribution < -0.4 is 5.32 Å². The molecule has 0 spiro atoms. The maximum Gasteiger partial charge on any atom is 0.0484 e. The van der Waals surface area contributed by atoms with E-state index in [1.807, 2.05) is 14.0 Å². The van der Waals surface area contributed by atoms with Crippen molar-refractivity contribution >= 4 is 0 Å². The number of hydrogen-bond donors (Lipinski definition) is 1. The summed E-state index contributed by atoms with van der Waals surface area (Å²) in [6, 6.07) is 9.59. The van der Waals surface area contributed by atoms with E-state index in [0.717, 1.165) is 25.6 Å². The lowest BCUT2D eigenvalue weighted by molar-refractivity contribution is 0.137. The summed E-state index contributed by atoms with van der Waals surface area (Å²) in [6.07, 6.45) is 5.19. The van der Waals surface area contributed by atoms with Gasteiger partial charge in [-0.3, -0.25) is 0 Å². The summed E-state index contributed by atoms with van der Waals surface area (Å²) < 4.78 is 5.44. The third kappa shape index (κ3) is 3.33. The van der Waals surface area contributed by atoms with Gasteiger partial charge in [0, 0.05) is 19.3 Å². The molecule has 1 atom stereocenters. The molecule has 0 aliphatic heterocycles. The Hall–Kier alpha value is -0.860.